The fourth-order valence-electron chi connectivity index (χ4n) is 14.3. The maximum absolute atomic E-state index is 6.44. The summed E-state index contributed by atoms with van der Waals surface area (Å²) in [5.74, 6) is 0. The highest BCUT2D eigenvalue weighted by Crippen LogP contribution is 2.56. The first-order valence-electron chi connectivity index (χ1n) is 32.7. The monoisotopic (exact) mass is 1220 g/mol. The van der Waals surface area contributed by atoms with Crippen LogP contribution < -0.4 is 0 Å². The van der Waals surface area contributed by atoms with Crippen LogP contribution in [-0.4, -0.2) is 22.8 Å². The van der Waals surface area contributed by atoms with Gasteiger partial charge in [-0.05, 0) is 66.8 Å². The maximum atomic E-state index is 6.44. The molecule has 17 rings (SSSR count). The smallest absolute Gasteiger partial charge is 0.0823 e. The zero-order valence-electron chi connectivity index (χ0n) is 52.4. The van der Waals surface area contributed by atoms with Crippen LogP contribution in [-0.2, 0) is 0 Å². The van der Waals surface area contributed by atoms with Crippen molar-refractivity contribution in [1.82, 2.24) is 0 Å². The van der Waals surface area contributed by atoms with Gasteiger partial charge in [0.25, 0.3) is 0 Å². The Kier molecular flexibility index (Phi) is 14.9. The van der Waals surface area contributed by atoms with Crippen LogP contribution in [0, 0.1) is 0 Å². The van der Waals surface area contributed by atoms with Gasteiger partial charge in [0.2, 0.25) is 0 Å². The molecule has 4 nitrogen and oxygen atoms in total. The average Bonchev–Trinajstić information content (AvgIpc) is 1.55. The molecule has 1 aliphatic carbocycles. The fourth-order valence-corrected chi connectivity index (χ4v) is 14.3. The lowest BCUT2D eigenvalue weighted by atomic mass is 9.81. The number of benzene rings is 12. The number of aliphatic imine (C=N–C) groups is 4. The summed E-state index contributed by atoms with van der Waals surface area (Å²) < 4.78 is 0. The van der Waals surface area contributed by atoms with Gasteiger partial charge in [-0.3, -0.25) is 0 Å². The summed E-state index contributed by atoms with van der Waals surface area (Å²) in [4.78, 5) is 25.8. The van der Waals surface area contributed by atoms with Crippen molar-refractivity contribution < 1.29 is 0 Å². The summed E-state index contributed by atoms with van der Waals surface area (Å²) in [6.07, 6.45) is 0. The first-order chi connectivity index (χ1) is 47.7. The predicted octanol–water partition coefficient (Wildman–Crippen LogP) is 21.9. The summed E-state index contributed by atoms with van der Waals surface area (Å²) in [6, 6.07) is 130. The van der Waals surface area contributed by atoms with Gasteiger partial charge in [-0.1, -0.05) is 364 Å². The largest absolute Gasteiger partial charge is 0.246 e. The summed E-state index contributed by atoms with van der Waals surface area (Å²) in [6.45, 7) is 0. The van der Waals surface area contributed by atoms with Crippen LogP contribution in [0.2, 0.25) is 0 Å². The van der Waals surface area contributed by atoms with E-state index in [1.165, 1.54) is 0 Å². The van der Waals surface area contributed by atoms with E-state index in [9.17, 15) is 0 Å². The molecule has 5 aliphatic rings. The molecule has 0 unspecified atom stereocenters. The van der Waals surface area contributed by atoms with E-state index in [2.05, 4.69) is 364 Å². The van der Waals surface area contributed by atoms with Gasteiger partial charge < -0.3 is 0 Å². The highest BCUT2D eigenvalue weighted by Gasteiger charge is 2.43. The van der Waals surface area contributed by atoms with Crippen molar-refractivity contribution in [1.29, 1.82) is 0 Å². The van der Waals surface area contributed by atoms with Gasteiger partial charge in [0.15, 0.2) is 0 Å². The fraction of sp³-hybridized carbons (Fsp3) is 0. The minimum absolute atomic E-state index is 0.779. The Labute approximate surface area is 559 Å². The van der Waals surface area contributed by atoms with Crippen LogP contribution in [0.1, 0.15) is 66.8 Å². The topological polar surface area (TPSA) is 49.4 Å². The van der Waals surface area contributed by atoms with Crippen LogP contribution in [0.15, 0.2) is 407 Å². The molecule has 0 atom stereocenters. The van der Waals surface area contributed by atoms with Crippen molar-refractivity contribution in [2.45, 2.75) is 0 Å². The molecule has 0 fully saturated rings. The second kappa shape index (κ2) is 25.0. The minimum atomic E-state index is 0.779. The summed E-state index contributed by atoms with van der Waals surface area (Å²) >= 11 is 0. The highest BCUT2D eigenvalue weighted by molar-refractivity contribution is 6.61. The third kappa shape index (κ3) is 10.1. The van der Waals surface area contributed by atoms with Crippen LogP contribution in [0.5, 0.6) is 0 Å². The molecule has 96 heavy (non-hydrogen) atoms. The molecule has 0 amide bonds. The van der Waals surface area contributed by atoms with Crippen molar-refractivity contribution in [3.8, 4) is 0 Å². The van der Waals surface area contributed by atoms with Gasteiger partial charge in [0.1, 0.15) is 0 Å². The zero-order chi connectivity index (χ0) is 63.7. The number of fused-ring (bicyclic) bond motifs is 8. The summed E-state index contributed by atoms with van der Waals surface area (Å²) in [5.41, 5.74) is 29.4. The van der Waals surface area contributed by atoms with E-state index in [-0.39, 0.29) is 0 Å². The van der Waals surface area contributed by atoms with Crippen molar-refractivity contribution in [3.05, 3.63) is 454 Å². The third-order valence-electron chi connectivity index (χ3n) is 18.4. The third-order valence-corrected chi connectivity index (χ3v) is 18.4. The molecule has 0 N–H and O–H groups in total. The molecule has 0 saturated carbocycles. The second-order valence-electron chi connectivity index (χ2n) is 24.1. The number of rotatable bonds is 12. The lowest BCUT2D eigenvalue weighted by molar-refractivity contribution is 1.40. The normalized spacial score (nSPS) is 15.4. The van der Waals surface area contributed by atoms with Gasteiger partial charge in [-0.25, -0.2) is 20.0 Å². The molecule has 4 heteroatoms. The van der Waals surface area contributed by atoms with Crippen LogP contribution in [0.25, 0.3) is 66.9 Å². The molecule has 4 aliphatic heterocycles. The Morgan fingerprint density at radius 3 is 0.333 bits per heavy atom. The summed E-state index contributed by atoms with van der Waals surface area (Å²) in [5, 5.41) is 0. The molecule has 12 aromatic rings. The van der Waals surface area contributed by atoms with E-state index in [1.807, 2.05) is 0 Å². The van der Waals surface area contributed by atoms with Gasteiger partial charge in [0, 0.05) is 66.9 Å². The number of hydrogen-bond donors (Lipinski definition) is 0. The second-order valence-corrected chi connectivity index (χ2v) is 24.1. The van der Waals surface area contributed by atoms with Gasteiger partial charge in [-0.15, -0.1) is 0 Å². The standard InChI is InChI=1S/C92H60N4/c1-13-37-61(38-14-1)73-74(62-39-15-2-16-40-62)86-82(70-55-31-10-32-56-70)88-77(65-45-21-5-22-46-65)78(66-47-23-6-24-48-66)90(95-88)84(72-59-35-12-36-60-72)92-80(68-51-27-8-28-52-68)79(67-49-25-7-26-50-67)91(96-92)83(71-57-33-11-34-58-71)89-76(64-43-19-4-20-44-64)75(63-41-17-3-18-42-63)87(94-89)81(85(73)93-86)69-53-29-9-30-54-69/h1-60H. The van der Waals surface area contributed by atoms with E-state index in [0.717, 1.165) is 179 Å². The lowest BCUT2D eigenvalue weighted by Crippen LogP contribution is -2.07. The van der Waals surface area contributed by atoms with E-state index in [1.54, 1.807) is 0 Å². The zero-order valence-corrected chi connectivity index (χ0v) is 52.4. The number of nitrogens with zero attached hydrogens (tertiary/aromatic N) is 4. The lowest BCUT2D eigenvalue weighted by Gasteiger charge is -2.19. The van der Waals surface area contributed by atoms with Crippen molar-refractivity contribution in [2.75, 3.05) is 0 Å². The summed E-state index contributed by atoms with van der Waals surface area (Å²) in [7, 11) is 0. The van der Waals surface area contributed by atoms with Crippen LogP contribution in [0.3, 0.4) is 0 Å². The Bertz CT molecular complexity index is 4720. The average molecular weight is 1220 g/mol. The highest BCUT2D eigenvalue weighted by atomic mass is 14.9. The van der Waals surface area contributed by atoms with E-state index in [0.29, 0.717) is 0 Å². The number of allylic oxidation sites excluding steroid dienone is 12. The predicted molar refractivity (Wildman–Crippen MR) is 402 cm³/mol. The van der Waals surface area contributed by atoms with E-state index >= 15 is 0 Å². The van der Waals surface area contributed by atoms with Gasteiger partial charge >= 0.3 is 0 Å². The molecule has 0 spiro atoms. The quantitative estimate of drug-likeness (QED) is 0.117. The minimum Gasteiger partial charge on any atom is -0.246 e. The van der Waals surface area contributed by atoms with E-state index in [4.69, 9.17) is 20.0 Å². The molecule has 448 valence electrons. The molecular weight excluding hydrogens is 1160 g/mol. The molecule has 12 aromatic carbocycles. The van der Waals surface area contributed by atoms with Crippen LogP contribution >= 0.6 is 0 Å². The number of hydrogen-bond acceptors (Lipinski definition) is 4. The van der Waals surface area contributed by atoms with Gasteiger partial charge in [-0.2, -0.15) is 0 Å². The first kappa shape index (κ1) is 57.2. The van der Waals surface area contributed by atoms with E-state index < -0.39 is 0 Å². The molecule has 0 radical (unpaired) electrons. The van der Waals surface area contributed by atoms with Gasteiger partial charge in [0.05, 0.1) is 45.6 Å². The molecule has 0 aromatic heterocycles. The molecule has 8 bridgehead atoms. The Morgan fingerprint density at radius 2 is 0.208 bits per heavy atom. The first-order valence-corrected chi connectivity index (χ1v) is 32.7. The SMILES string of the molecule is c1ccc(C2=C3N=C(C(c4ccccc4)=C4N=C(C(c5ccccc5)=C5N=C(C(c6ccccc6)=C6N=C2C(c2ccccc2)=C6c2ccccc2)C(c2ccccc2)=C5c2ccccc2)C(c2ccccc2)=C4c2ccccc2)C(c2ccccc2)=C3c2ccccc2)cc1. The van der Waals surface area contributed by atoms with Crippen molar-refractivity contribution >= 4 is 89.7 Å². The Morgan fingerprint density at radius 1 is 0.104 bits per heavy atom. The molecular formula is C92H60N4. The Hall–Kier alpha value is -12.8. The molecule has 0 saturated heterocycles. The Balaban J connectivity index is 1.20. The van der Waals surface area contributed by atoms with Crippen molar-refractivity contribution in [3.63, 3.8) is 0 Å². The maximum Gasteiger partial charge on any atom is 0.0823 e. The van der Waals surface area contributed by atoms with Crippen LogP contribution in [0.4, 0.5) is 0 Å². The van der Waals surface area contributed by atoms with Crippen molar-refractivity contribution in [2.24, 2.45) is 20.0 Å². The molecule has 4 heterocycles.